The molecule has 0 atom stereocenters. The van der Waals surface area contributed by atoms with Crippen LogP contribution in [0.15, 0.2) is 12.3 Å². The van der Waals surface area contributed by atoms with Crippen LogP contribution >= 0.6 is 11.3 Å². The van der Waals surface area contributed by atoms with Gasteiger partial charge >= 0.3 is 5.97 Å². The molecule has 26 heavy (non-hydrogen) atoms. The second-order valence-corrected chi connectivity index (χ2v) is 6.74. The summed E-state index contributed by atoms with van der Waals surface area (Å²) in [6.07, 6.45) is 5.76. The van der Waals surface area contributed by atoms with Crippen LogP contribution in [0.1, 0.15) is 46.9 Å². The lowest BCUT2D eigenvalue weighted by atomic mass is 10.2. The SMILES string of the molecule is CCCN(C(=O)/C=C/c1cnn(C)c1C)c1nc(C)c(C(=O)OCC)s1. The Morgan fingerprint density at radius 2 is 2.08 bits per heavy atom. The van der Waals surface area contributed by atoms with Crippen LogP contribution in [0, 0.1) is 13.8 Å². The van der Waals surface area contributed by atoms with Gasteiger partial charge in [0.05, 0.1) is 18.5 Å². The highest BCUT2D eigenvalue weighted by Gasteiger charge is 2.22. The van der Waals surface area contributed by atoms with Crippen LogP contribution in [0.25, 0.3) is 6.08 Å². The summed E-state index contributed by atoms with van der Waals surface area (Å²) in [5, 5.41) is 4.67. The van der Waals surface area contributed by atoms with Gasteiger partial charge in [0, 0.05) is 30.9 Å². The van der Waals surface area contributed by atoms with Crippen molar-refractivity contribution in [3.05, 3.63) is 34.1 Å². The van der Waals surface area contributed by atoms with Gasteiger partial charge in [-0.15, -0.1) is 0 Å². The predicted molar refractivity (Wildman–Crippen MR) is 102 cm³/mol. The Bertz CT molecular complexity index is 823. The van der Waals surface area contributed by atoms with Crippen LogP contribution in [0.3, 0.4) is 0 Å². The number of hydrogen-bond acceptors (Lipinski definition) is 6. The van der Waals surface area contributed by atoms with Gasteiger partial charge in [-0.05, 0) is 33.3 Å². The zero-order valence-corrected chi connectivity index (χ0v) is 16.6. The summed E-state index contributed by atoms with van der Waals surface area (Å²) in [7, 11) is 1.85. The van der Waals surface area contributed by atoms with Crippen molar-refractivity contribution >= 4 is 34.4 Å². The van der Waals surface area contributed by atoms with Crippen LogP contribution in [0.4, 0.5) is 5.13 Å². The minimum absolute atomic E-state index is 0.181. The number of nitrogens with zero attached hydrogens (tertiary/aromatic N) is 4. The van der Waals surface area contributed by atoms with Gasteiger partial charge in [-0.2, -0.15) is 5.10 Å². The molecule has 0 bridgehead atoms. The number of aryl methyl sites for hydroxylation is 2. The lowest BCUT2D eigenvalue weighted by Gasteiger charge is -2.16. The van der Waals surface area contributed by atoms with E-state index in [0.29, 0.717) is 28.9 Å². The van der Waals surface area contributed by atoms with Gasteiger partial charge in [0.25, 0.3) is 5.91 Å². The number of amides is 1. The Morgan fingerprint density at radius 1 is 1.35 bits per heavy atom. The van der Waals surface area contributed by atoms with Gasteiger partial charge in [0.15, 0.2) is 5.13 Å². The van der Waals surface area contributed by atoms with Crippen molar-refractivity contribution in [3.8, 4) is 0 Å². The zero-order chi connectivity index (χ0) is 19.3. The monoisotopic (exact) mass is 376 g/mol. The molecule has 0 aliphatic heterocycles. The number of esters is 1. The van der Waals surface area contributed by atoms with E-state index in [0.717, 1.165) is 17.7 Å². The highest BCUT2D eigenvalue weighted by Crippen LogP contribution is 2.27. The molecule has 0 saturated carbocycles. The fourth-order valence-electron chi connectivity index (χ4n) is 2.34. The van der Waals surface area contributed by atoms with Gasteiger partial charge in [0.1, 0.15) is 4.88 Å². The number of ether oxygens (including phenoxy) is 1. The molecule has 2 aromatic heterocycles. The zero-order valence-electron chi connectivity index (χ0n) is 15.8. The summed E-state index contributed by atoms with van der Waals surface area (Å²) in [4.78, 5) is 31.1. The van der Waals surface area contributed by atoms with Crippen LogP contribution in [-0.2, 0) is 16.6 Å². The molecule has 0 saturated heterocycles. The number of carbonyl (C=O) groups is 2. The van der Waals surface area contributed by atoms with Crippen molar-refractivity contribution < 1.29 is 14.3 Å². The number of thiazole rings is 1. The van der Waals surface area contributed by atoms with E-state index in [1.807, 2.05) is 20.9 Å². The van der Waals surface area contributed by atoms with E-state index in [1.165, 1.54) is 17.4 Å². The van der Waals surface area contributed by atoms with E-state index in [2.05, 4.69) is 10.1 Å². The van der Waals surface area contributed by atoms with Crippen molar-refractivity contribution in [2.45, 2.75) is 34.1 Å². The first-order chi connectivity index (χ1) is 12.4. The molecule has 0 spiro atoms. The predicted octanol–water partition coefficient (Wildman–Crippen LogP) is 3.13. The van der Waals surface area contributed by atoms with E-state index in [9.17, 15) is 9.59 Å². The fourth-order valence-corrected chi connectivity index (χ4v) is 3.33. The molecule has 7 nitrogen and oxygen atoms in total. The Labute approximate surface area is 157 Å². The normalized spacial score (nSPS) is 11.1. The second kappa shape index (κ2) is 8.75. The highest BCUT2D eigenvalue weighted by molar-refractivity contribution is 7.17. The maximum absolute atomic E-state index is 12.7. The lowest BCUT2D eigenvalue weighted by Crippen LogP contribution is -2.29. The van der Waals surface area contributed by atoms with Crippen LogP contribution in [0.2, 0.25) is 0 Å². The van der Waals surface area contributed by atoms with Gasteiger partial charge in [-0.3, -0.25) is 14.4 Å². The third-order valence-corrected chi connectivity index (χ3v) is 5.03. The number of rotatable bonds is 7. The number of aromatic nitrogens is 3. The molecule has 0 aliphatic carbocycles. The van der Waals surface area contributed by atoms with Crippen molar-refractivity contribution in [2.75, 3.05) is 18.1 Å². The molecule has 2 aromatic rings. The molecular weight excluding hydrogens is 352 g/mol. The number of anilines is 1. The largest absolute Gasteiger partial charge is 0.462 e. The Kier molecular flexibility index (Phi) is 6.68. The van der Waals surface area contributed by atoms with Gasteiger partial charge in [0.2, 0.25) is 0 Å². The van der Waals surface area contributed by atoms with E-state index in [1.54, 1.807) is 35.7 Å². The molecule has 2 heterocycles. The smallest absolute Gasteiger partial charge is 0.350 e. The third kappa shape index (κ3) is 4.37. The minimum Gasteiger partial charge on any atom is -0.462 e. The molecule has 8 heteroatoms. The highest BCUT2D eigenvalue weighted by atomic mass is 32.1. The molecule has 0 N–H and O–H groups in total. The molecular formula is C18H24N4O3S. The molecule has 140 valence electrons. The fraction of sp³-hybridized carbons (Fsp3) is 0.444. The van der Waals surface area contributed by atoms with Gasteiger partial charge in [-0.25, -0.2) is 9.78 Å². The van der Waals surface area contributed by atoms with Crippen LogP contribution < -0.4 is 4.90 Å². The number of carbonyl (C=O) groups excluding carboxylic acids is 2. The topological polar surface area (TPSA) is 77.3 Å². The van der Waals surface area contributed by atoms with E-state index in [4.69, 9.17) is 4.74 Å². The van der Waals surface area contributed by atoms with Gasteiger partial charge < -0.3 is 4.74 Å². The first-order valence-corrected chi connectivity index (χ1v) is 9.33. The Morgan fingerprint density at radius 3 is 2.65 bits per heavy atom. The summed E-state index contributed by atoms with van der Waals surface area (Å²) >= 11 is 1.18. The summed E-state index contributed by atoms with van der Waals surface area (Å²) < 4.78 is 6.80. The van der Waals surface area contributed by atoms with Crippen LogP contribution in [0.5, 0.6) is 0 Å². The minimum atomic E-state index is -0.404. The molecule has 0 fully saturated rings. The maximum atomic E-state index is 12.7. The van der Waals surface area contributed by atoms with Crippen LogP contribution in [-0.4, -0.2) is 39.8 Å². The summed E-state index contributed by atoms with van der Waals surface area (Å²) in [5.41, 5.74) is 2.44. The average Bonchev–Trinajstić information content (AvgIpc) is 3.14. The maximum Gasteiger partial charge on any atom is 0.350 e. The van der Waals surface area contributed by atoms with E-state index >= 15 is 0 Å². The van der Waals surface area contributed by atoms with Crippen molar-refractivity contribution in [3.63, 3.8) is 0 Å². The van der Waals surface area contributed by atoms with E-state index < -0.39 is 5.97 Å². The van der Waals surface area contributed by atoms with Crippen molar-refractivity contribution in [2.24, 2.45) is 7.05 Å². The van der Waals surface area contributed by atoms with E-state index in [-0.39, 0.29) is 5.91 Å². The summed E-state index contributed by atoms with van der Waals surface area (Å²) in [6, 6.07) is 0. The van der Waals surface area contributed by atoms with Crippen molar-refractivity contribution in [1.29, 1.82) is 0 Å². The first-order valence-electron chi connectivity index (χ1n) is 8.51. The molecule has 1 amide bonds. The molecule has 0 unspecified atom stereocenters. The molecule has 0 aliphatic rings. The standard InChI is InChI=1S/C18H24N4O3S/c1-6-10-22(15(23)9-8-14-11-19-21(5)13(14)4)18-20-12(3)16(26-18)17(24)25-7-2/h8-9,11H,6-7,10H2,1-5H3/b9-8+. The molecule has 2 rings (SSSR count). The lowest BCUT2D eigenvalue weighted by molar-refractivity contribution is -0.114. The quantitative estimate of drug-likeness (QED) is 0.548. The third-order valence-electron chi connectivity index (χ3n) is 3.87. The molecule has 0 aromatic carbocycles. The molecule has 0 radical (unpaired) electrons. The Balaban J connectivity index is 2.25. The summed E-state index contributed by atoms with van der Waals surface area (Å²) in [6.45, 7) is 8.25. The van der Waals surface area contributed by atoms with Crippen molar-refractivity contribution in [1.82, 2.24) is 14.8 Å². The Hall–Kier alpha value is -2.48. The average molecular weight is 376 g/mol. The number of hydrogen-bond donors (Lipinski definition) is 0. The summed E-state index contributed by atoms with van der Waals surface area (Å²) in [5.74, 6) is -0.585. The second-order valence-electron chi connectivity index (χ2n) is 5.76. The van der Waals surface area contributed by atoms with Gasteiger partial charge in [-0.1, -0.05) is 18.3 Å². The first kappa shape index (κ1) is 19.8.